The number of rotatable bonds is 0. The van der Waals surface area contributed by atoms with Crippen molar-refractivity contribution >= 4 is 5.91 Å². The molecule has 130 valence electrons. The van der Waals surface area contributed by atoms with Crippen molar-refractivity contribution in [1.82, 2.24) is 4.90 Å². The first kappa shape index (κ1) is 16.0. The van der Waals surface area contributed by atoms with Gasteiger partial charge in [-0.05, 0) is 78.9 Å². The van der Waals surface area contributed by atoms with E-state index < -0.39 is 0 Å². The molecule has 1 amide bonds. The van der Waals surface area contributed by atoms with E-state index in [-0.39, 0.29) is 0 Å². The Kier molecular flexibility index (Phi) is 3.46. The topological polar surface area (TPSA) is 20.3 Å². The van der Waals surface area contributed by atoms with Crippen molar-refractivity contribution in [2.24, 2.45) is 40.4 Å². The van der Waals surface area contributed by atoms with E-state index >= 15 is 0 Å². The Morgan fingerprint density at radius 1 is 1.09 bits per heavy atom. The first-order valence-electron chi connectivity index (χ1n) is 10.0. The maximum absolute atomic E-state index is 12.3. The predicted octanol–water partition coefficient (Wildman–Crippen LogP) is 4.73. The number of fused-ring (bicyclic) bond motifs is 5. The average molecular weight is 318 g/mol. The standard InChI is InChI=1S/C21H35NO/c1-13-10-16-19-14(2)11-17-21(4,9-7-18(23)22(17)5)15(19)6-8-20(16,3)12-13/h13-17,19H,6-12H2,1-5H3/t13-,14-,15?,16?,17?,19?,20+,21+/m0/s1. The van der Waals surface area contributed by atoms with Crippen LogP contribution in [0.15, 0.2) is 0 Å². The van der Waals surface area contributed by atoms with Crippen LogP contribution in [-0.2, 0) is 4.79 Å². The number of hydrogen-bond donors (Lipinski definition) is 0. The molecule has 4 fully saturated rings. The van der Waals surface area contributed by atoms with E-state index in [1.54, 1.807) is 0 Å². The Balaban J connectivity index is 1.70. The lowest BCUT2D eigenvalue weighted by molar-refractivity contribution is -0.164. The van der Waals surface area contributed by atoms with Crippen LogP contribution in [0.25, 0.3) is 0 Å². The van der Waals surface area contributed by atoms with Gasteiger partial charge in [0, 0.05) is 19.5 Å². The molecule has 1 saturated heterocycles. The molecule has 0 N–H and O–H groups in total. The molecule has 23 heavy (non-hydrogen) atoms. The fraction of sp³-hybridized carbons (Fsp3) is 0.952. The SMILES string of the molecule is C[C@H]1CC2C3C(CC[C@]2(C)C1)[C@@]1(C)CCC(=O)N(C)C1C[C@@H]3C. The summed E-state index contributed by atoms with van der Waals surface area (Å²) in [4.78, 5) is 14.4. The molecule has 0 aromatic carbocycles. The van der Waals surface area contributed by atoms with Crippen LogP contribution in [0.1, 0.15) is 72.6 Å². The Labute approximate surface area is 142 Å². The zero-order valence-corrected chi connectivity index (χ0v) is 15.8. The third kappa shape index (κ3) is 2.09. The third-order valence-corrected chi connectivity index (χ3v) is 8.92. The minimum Gasteiger partial charge on any atom is -0.342 e. The molecule has 0 aromatic rings. The maximum Gasteiger partial charge on any atom is 0.222 e. The van der Waals surface area contributed by atoms with Crippen LogP contribution >= 0.6 is 0 Å². The van der Waals surface area contributed by atoms with Crippen molar-refractivity contribution in [2.75, 3.05) is 7.05 Å². The fourth-order valence-corrected chi connectivity index (χ4v) is 7.88. The third-order valence-electron chi connectivity index (χ3n) is 8.92. The molecular weight excluding hydrogens is 282 g/mol. The minimum atomic E-state index is 0.368. The highest BCUT2D eigenvalue weighted by molar-refractivity contribution is 5.77. The Morgan fingerprint density at radius 3 is 2.57 bits per heavy atom. The molecule has 4 unspecified atom stereocenters. The van der Waals surface area contributed by atoms with Gasteiger partial charge in [-0.1, -0.05) is 27.7 Å². The highest BCUT2D eigenvalue weighted by Crippen LogP contribution is 2.66. The van der Waals surface area contributed by atoms with E-state index in [1.807, 2.05) is 0 Å². The van der Waals surface area contributed by atoms with E-state index in [0.29, 0.717) is 22.8 Å². The summed E-state index contributed by atoms with van der Waals surface area (Å²) >= 11 is 0. The van der Waals surface area contributed by atoms with Crippen LogP contribution in [0.5, 0.6) is 0 Å². The number of hydrogen-bond acceptors (Lipinski definition) is 1. The molecule has 0 aromatic heterocycles. The van der Waals surface area contributed by atoms with Gasteiger partial charge in [-0.15, -0.1) is 0 Å². The second-order valence-electron chi connectivity index (χ2n) is 10.3. The first-order chi connectivity index (χ1) is 10.8. The van der Waals surface area contributed by atoms with E-state index in [0.717, 1.165) is 42.4 Å². The van der Waals surface area contributed by atoms with Crippen LogP contribution in [-0.4, -0.2) is 23.9 Å². The van der Waals surface area contributed by atoms with E-state index in [2.05, 4.69) is 39.6 Å². The van der Waals surface area contributed by atoms with Crippen molar-refractivity contribution in [3.63, 3.8) is 0 Å². The molecule has 1 heterocycles. The number of likely N-dealkylation sites (tertiary alicyclic amines) is 1. The van der Waals surface area contributed by atoms with Gasteiger partial charge in [0.15, 0.2) is 0 Å². The smallest absolute Gasteiger partial charge is 0.222 e. The van der Waals surface area contributed by atoms with Crippen molar-refractivity contribution in [2.45, 2.75) is 78.7 Å². The van der Waals surface area contributed by atoms with Gasteiger partial charge < -0.3 is 4.90 Å². The van der Waals surface area contributed by atoms with E-state index in [9.17, 15) is 4.79 Å². The zero-order chi connectivity index (χ0) is 16.6. The largest absolute Gasteiger partial charge is 0.342 e. The van der Waals surface area contributed by atoms with Gasteiger partial charge in [-0.3, -0.25) is 4.79 Å². The van der Waals surface area contributed by atoms with Gasteiger partial charge in [0.25, 0.3) is 0 Å². The summed E-state index contributed by atoms with van der Waals surface area (Å²) in [5, 5.41) is 0. The van der Waals surface area contributed by atoms with Crippen molar-refractivity contribution in [1.29, 1.82) is 0 Å². The highest BCUT2D eigenvalue weighted by atomic mass is 16.2. The number of carbonyl (C=O) groups is 1. The van der Waals surface area contributed by atoms with Crippen LogP contribution < -0.4 is 0 Å². The summed E-state index contributed by atoms with van der Waals surface area (Å²) < 4.78 is 0. The molecule has 2 nitrogen and oxygen atoms in total. The molecule has 4 aliphatic rings. The number of amides is 1. The maximum atomic E-state index is 12.3. The van der Waals surface area contributed by atoms with Crippen LogP contribution in [0, 0.1) is 40.4 Å². The fourth-order valence-electron chi connectivity index (χ4n) is 7.88. The normalized spacial score (nSPS) is 56.0. The summed E-state index contributed by atoms with van der Waals surface area (Å²) in [5.41, 5.74) is 0.974. The molecule has 1 aliphatic heterocycles. The van der Waals surface area contributed by atoms with E-state index in [1.165, 1.54) is 32.1 Å². The molecule has 3 saturated carbocycles. The zero-order valence-electron chi connectivity index (χ0n) is 15.8. The van der Waals surface area contributed by atoms with Gasteiger partial charge >= 0.3 is 0 Å². The minimum absolute atomic E-state index is 0.368. The average Bonchev–Trinajstić information content (AvgIpc) is 2.80. The summed E-state index contributed by atoms with van der Waals surface area (Å²) in [6.07, 6.45) is 8.89. The second-order valence-corrected chi connectivity index (χ2v) is 10.3. The quantitative estimate of drug-likeness (QED) is 0.632. The highest BCUT2D eigenvalue weighted by Gasteiger charge is 2.61. The lowest BCUT2D eigenvalue weighted by atomic mass is 9.45. The lowest BCUT2D eigenvalue weighted by Gasteiger charge is -2.63. The molecule has 3 aliphatic carbocycles. The molecule has 4 rings (SSSR count). The number of nitrogens with zero attached hydrogens (tertiary/aromatic N) is 1. The van der Waals surface area contributed by atoms with Gasteiger partial charge in [0.1, 0.15) is 0 Å². The lowest BCUT2D eigenvalue weighted by Crippen LogP contribution is -2.62. The Morgan fingerprint density at radius 2 is 1.83 bits per heavy atom. The molecular formula is C21H35NO. The van der Waals surface area contributed by atoms with Gasteiger partial charge in [0.05, 0.1) is 0 Å². The van der Waals surface area contributed by atoms with Crippen molar-refractivity contribution < 1.29 is 4.79 Å². The van der Waals surface area contributed by atoms with Gasteiger partial charge in [-0.2, -0.15) is 0 Å². The summed E-state index contributed by atoms with van der Waals surface area (Å²) in [6.45, 7) is 10.1. The molecule has 2 heteroatoms. The van der Waals surface area contributed by atoms with Crippen LogP contribution in [0.2, 0.25) is 0 Å². The van der Waals surface area contributed by atoms with Crippen molar-refractivity contribution in [3.8, 4) is 0 Å². The van der Waals surface area contributed by atoms with Gasteiger partial charge in [0.2, 0.25) is 5.91 Å². The summed E-state index contributed by atoms with van der Waals surface area (Å²) in [7, 11) is 2.07. The van der Waals surface area contributed by atoms with E-state index in [4.69, 9.17) is 0 Å². The molecule has 0 bridgehead atoms. The van der Waals surface area contributed by atoms with Crippen LogP contribution in [0.4, 0.5) is 0 Å². The predicted molar refractivity (Wildman–Crippen MR) is 93.9 cm³/mol. The van der Waals surface area contributed by atoms with Gasteiger partial charge in [-0.25, -0.2) is 0 Å². The monoisotopic (exact) mass is 317 g/mol. The van der Waals surface area contributed by atoms with Crippen LogP contribution in [0.3, 0.4) is 0 Å². The molecule has 8 atom stereocenters. The van der Waals surface area contributed by atoms with Crippen molar-refractivity contribution in [3.05, 3.63) is 0 Å². The number of piperidine rings is 1. The molecule has 0 spiro atoms. The summed E-state index contributed by atoms with van der Waals surface area (Å²) in [5.74, 6) is 4.76. The molecule has 0 radical (unpaired) electrons. The first-order valence-corrected chi connectivity index (χ1v) is 10.0. The Hall–Kier alpha value is -0.530. The number of carbonyl (C=O) groups excluding carboxylic acids is 1. The Bertz CT molecular complexity index is 516. The summed E-state index contributed by atoms with van der Waals surface area (Å²) in [6, 6.07) is 0.489. The second kappa shape index (κ2) is 4.99.